The van der Waals surface area contributed by atoms with E-state index in [2.05, 4.69) is 4.90 Å². The molecular weight excluding hydrogens is 316 g/mol. The summed E-state index contributed by atoms with van der Waals surface area (Å²) in [6, 6.07) is 9.57. The van der Waals surface area contributed by atoms with Crippen molar-refractivity contribution < 1.29 is 19.2 Å². The van der Waals surface area contributed by atoms with E-state index in [0.717, 1.165) is 31.9 Å². The second-order valence-electron chi connectivity index (χ2n) is 5.68. The van der Waals surface area contributed by atoms with Gasteiger partial charge in [0.15, 0.2) is 5.76 Å². The molecule has 126 valence electrons. The third kappa shape index (κ3) is 3.51. The van der Waals surface area contributed by atoms with Gasteiger partial charge < -0.3 is 14.2 Å². The first-order valence-electron chi connectivity index (χ1n) is 7.59. The van der Waals surface area contributed by atoms with Crippen LogP contribution in [0.5, 0.6) is 0 Å². The first-order valence-corrected chi connectivity index (χ1v) is 7.59. The van der Waals surface area contributed by atoms with Crippen molar-refractivity contribution in [1.29, 1.82) is 0 Å². The summed E-state index contributed by atoms with van der Waals surface area (Å²) < 4.78 is 5.20. The maximum absolute atomic E-state index is 10.7. The minimum atomic E-state index is -0.536. The van der Waals surface area contributed by atoms with E-state index in [-0.39, 0.29) is 11.6 Å². The van der Waals surface area contributed by atoms with Crippen LogP contribution >= 0.6 is 0 Å². The molecule has 1 saturated heterocycles. The van der Waals surface area contributed by atoms with Crippen molar-refractivity contribution in [2.24, 2.45) is 0 Å². The van der Waals surface area contributed by atoms with Gasteiger partial charge in [0.2, 0.25) is 0 Å². The summed E-state index contributed by atoms with van der Waals surface area (Å²) in [6.45, 7) is 3.98. The molecule has 1 aliphatic heterocycles. The zero-order valence-electron chi connectivity index (χ0n) is 12.9. The van der Waals surface area contributed by atoms with Crippen LogP contribution in [0.2, 0.25) is 0 Å². The molecule has 0 radical (unpaired) electrons. The summed E-state index contributed by atoms with van der Waals surface area (Å²) in [5.74, 6) is 0.384. The Morgan fingerprint density at radius 2 is 1.67 bits per heavy atom. The fourth-order valence-corrected chi connectivity index (χ4v) is 2.85. The number of nitrogens with one attached hydrogen (secondary N) is 1. The lowest BCUT2D eigenvalue weighted by Crippen LogP contribution is -3.13. The molecule has 2 heterocycles. The van der Waals surface area contributed by atoms with Gasteiger partial charge >= 0.3 is 5.88 Å². The number of hydrogen-bond acceptors (Lipinski definition) is 6. The van der Waals surface area contributed by atoms with Gasteiger partial charge in [-0.3, -0.25) is 20.2 Å². The summed E-state index contributed by atoms with van der Waals surface area (Å²) in [6.07, 6.45) is 0. The number of benzene rings is 1. The maximum Gasteiger partial charge on any atom is 0.433 e. The Bertz CT molecular complexity index is 735. The highest BCUT2D eigenvalue weighted by Gasteiger charge is 2.23. The highest BCUT2D eigenvalue weighted by Crippen LogP contribution is 2.19. The number of anilines is 1. The first-order chi connectivity index (χ1) is 11.5. The van der Waals surface area contributed by atoms with Gasteiger partial charge in [0.25, 0.3) is 5.69 Å². The molecule has 9 heteroatoms. The Labute approximate surface area is 137 Å². The van der Waals surface area contributed by atoms with Gasteiger partial charge in [-0.25, -0.2) is 0 Å². The molecule has 1 fully saturated rings. The number of non-ortho nitro benzene ring substituents is 1. The van der Waals surface area contributed by atoms with E-state index in [0.29, 0.717) is 12.3 Å². The molecule has 0 saturated carbocycles. The predicted molar refractivity (Wildman–Crippen MR) is 85.1 cm³/mol. The Balaban J connectivity index is 1.55. The van der Waals surface area contributed by atoms with E-state index in [4.69, 9.17) is 4.42 Å². The number of hydrogen-bond donors (Lipinski definition) is 1. The topological polar surface area (TPSA) is 107 Å². The van der Waals surface area contributed by atoms with E-state index in [1.807, 2.05) is 0 Å². The van der Waals surface area contributed by atoms with Gasteiger partial charge in [0.1, 0.15) is 11.5 Å². The minimum absolute atomic E-state index is 0.0856. The van der Waals surface area contributed by atoms with E-state index in [9.17, 15) is 20.2 Å². The molecule has 0 bridgehead atoms. The predicted octanol–water partition coefficient (Wildman–Crippen LogP) is 1.00. The summed E-state index contributed by atoms with van der Waals surface area (Å²) in [7, 11) is 0. The first kappa shape index (κ1) is 15.9. The number of nitrogens with zero attached hydrogens (tertiary/aromatic N) is 3. The molecule has 0 spiro atoms. The average Bonchev–Trinajstić information content (AvgIpc) is 3.04. The normalized spacial score (nSPS) is 15.4. The Hall–Kier alpha value is -2.94. The Kier molecular flexibility index (Phi) is 4.43. The molecule has 0 amide bonds. The SMILES string of the molecule is O=[N+]([O-])c1ccc(N2CC[NH+](Cc3ccc([N+](=O)[O-])o3)CC2)cc1. The van der Waals surface area contributed by atoms with E-state index >= 15 is 0 Å². The highest BCUT2D eigenvalue weighted by atomic mass is 16.6. The van der Waals surface area contributed by atoms with Crippen LogP contribution in [0.15, 0.2) is 40.8 Å². The van der Waals surface area contributed by atoms with Gasteiger partial charge in [-0.15, -0.1) is 0 Å². The van der Waals surface area contributed by atoms with Crippen LogP contribution in [0.25, 0.3) is 0 Å². The number of nitro groups is 2. The summed E-state index contributed by atoms with van der Waals surface area (Å²) >= 11 is 0. The van der Waals surface area contributed by atoms with Crippen LogP contribution in [0.4, 0.5) is 17.3 Å². The van der Waals surface area contributed by atoms with Crippen LogP contribution in [0.1, 0.15) is 5.76 Å². The molecular formula is C15H17N4O5+. The zero-order chi connectivity index (χ0) is 17.1. The lowest BCUT2D eigenvalue weighted by Gasteiger charge is -2.33. The van der Waals surface area contributed by atoms with Gasteiger partial charge in [-0.1, -0.05) is 0 Å². The molecule has 1 N–H and O–H groups in total. The van der Waals surface area contributed by atoms with Crippen LogP contribution in [-0.4, -0.2) is 36.0 Å². The molecule has 1 aliphatic rings. The molecule has 24 heavy (non-hydrogen) atoms. The molecule has 0 aliphatic carbocycles. The Morgan fingerprint density at radius 3 is 2.21 bits per heavy atom. The summed E-state index contributed by atoms with van der Waals surface area (Å²) in [4.78, 5) is 23.8. The second kappa shape index (κ2) is 6.67. The number of piperazine rings is 1. The van der Waals surface area contributed by atoms with Crippen molar-refractivity contribution in [3.05, 3.63) is 62.4 Å². The quantitative estimate of drug-likeness (QED) is 0.646. The largest absolute Gasteiger partial charge is 0.433 e. The van der Waals surface area contributed by atoms with Gasteiger partial charge in [-0.2, -0.15) is 0 Å². The molecule has 9 nitrogen and oxygen atoms in total. The van der Waals surface area contributed by atoms with E-state index in [1.165, 1.54) is 23.1 Å². The molecule has 0 atom stereocenters. The summed E-state index contributed by atoms with van der Waals surface area (Å²) in [5, 5.41) is 21.3. The van der Waals surface area contributed by atoms with Crippen molar-refractivity contribution in [3.63, 3.8) is 0 Å². The van der Waals surface area contributed by atoms with Gasteiger partial charge in [0.05, 0.1) is 37.2 Å². The van der Waals surface area contributed by atoms with Crippen molar-refractivity contribution in [1.82, 2.24) is 0 Å². The van der Waals surface area contributed by atoms with Gasteiger partial charge in [-0.05, 0) is 18.2 Å². The van der Waals surface area contributed by atoms with Crippen molar-refractivity contribution in [3.8, 4) is 0 Å². The van der Waals surface area contributed by atoms with Crippen LogP contribution in [0, 0.1) is 20.2 Å². The zero-order valence-corrected chi connectivity index (χ0v) is 12.9. The van der Waals surface area contributed by atoms with Crippen molar-refractivity contribution >= 4 is 17.3 Å². The lowest BCUT2D eigenvalue weighted by molar-refractivity contribution is -0.915. The van der Waals surface area contributed by atoms with Crippen LogP contribution in [-0.2, 0) is 6.54 Å². The van der Waals surface area contributed by atoms with E-state index < -0.39 is 9.85 Å². The number of quaternary nitrogens is 1. The average molecular weight is 333 g/mol. The van der Waals surface area contributed by atoms with Crippen molar-refractivity contribution in [2.75, 3.05) is 31.1 Å². The molecule has 3 rings (SSSR count). The smallest absolute Gasteiger partial charge is 0.400 e. The standard InChI is InChI=1S/C15H16N4O5/c20-18(21)13-3-1-12(2-4-13)17-9-7-16(8-10-17)11-14-5-6-15(24-14)19(22)23/h1-6H,7-11H2/p+1. The van der Waals surface area contributed by atoms with Crippen molar-refractivity contribution in [2.45, 2.75) is 6.54 Å². The molecule has 1 aromatic carbocycles. The molecule has 2 aromatic rings. The van der Waals surface area contributed by atoms with Gasteiger partial charge in [0, 0.05) is 17.8 Å². The number of furan rings is 1. The molecule has 1 aromatic heterocycles. The van der Waals surface area contributed by atoms with Crippen LogP contribution < -0.4 is 9.80 Å². The Morgan fingerprint density at radius 1 is 1.00 bits per heavy atom. The van der Waals surface area contributed by atoms with E-state index in [1.54, 1.807) is 18.2 Å². The third-order valence-electron chi connectivity index (χ3n) is 4.15. The summed E-state index contributed by atoms with van der Waals surface area (Å²) in [5.41, 5.74) is 1.05. The number of rotatable bonds is 5. The fourth-order valence-electron chi connectivity index (χ4n) is 2.85. The number of nitro benzene ring substituents is 1. The van der Waals surface area contributed by atoms with Crippen LogP contribution in [0.3, 0.4) is 0 Å². The molecule has 0 unspecified atom stereocenters. The second-order valence-corrected chi connectivity index (χ2v) is 5.68. The fraction of sp³-hybridized carbons (Fsp3) is 0.333. The maximum atomic E-state index is 10.7. The monoisotopic (exact) mass is 333 g/mol. The highest BCUT2D eigenvalue weighted by molar-refractivity contribution is 5.51. The third-order valence-corrected chi connectivity index (χ3v) is 4.15. The lowest BCUT2D eigenvalue weighted by atomic mass is 10.2. The minimum Gasteiger partial charge on any atom is -0.400 e.